The normalized spacial score (nSPS) is 17.4. The van der Waals surface area contributed by atoms with Crippen molar-refractivity contribution < 1.29 is 23.0 Å². The zero-order valence-electron chi connectivity index (χ0n) is 15.2. The number of carbonyl (C=O) groups is 1. The van der Waals surface area contributed by atoms with Crippen LogP contribution in [0.1, 0.15) is 30.4 Å². The van der Waals surface area contributed by atoms with Crippen LogP contribution >= 0.6 is 0 Å². The van der Waals surface area contributed by atoms with Gasteiger partial charge in [0, 0.05) is 22.3 Å². The molecule has 2 aromatic rings. The molecule has 0 N–H and O–H groups in total. The summed E-state index contributed by atoms with van der Waals surface area (Å²) in [6.07, 6.45) is 4.94. The van der Waals surface area contributed by atoms with Gasteiger partial charge < -0.3 is 9.47 Å². The lowest BCUT2D eigenvalue weighted by atomic mass is 9.86. The van der Waals surface area contributed by atoms with Crippen molar-refractivity contribution in [2.24, 2.45) is 0 Å². The van der Waals surface area contributed by atoms with Crippen LogP contribution in [0, 0.1) is 11.6 Å². The smallest absolute Gasteiger partial charge is 0.185 e. The van der Waals surface area contributed by atoms with Gasteiger partial charge in [-0.25, -0.2) is 8.78 Å². The third-order valence-electron chi connectivity index (χ3n) is 4.54. The SMILES string of the molecule is COc1ccc(F)c(/C=C2\CCC/C(=C\c3cc(OC)ccc3F)C2=O)c1. The van der Waals surface area contributed by atoms with Crippen LogP contribution in [0.4, 0.5) is 8.78 Å². The van der Waals surface area contributed by atoms with Gasteiger partial charge in [0.25, 0.3) is 0 Å². The van der Waals surface area contributed by atoms with Crippen LogP contribution in [-0.2, 0) is 4.79 Å². The quantitative estimate of drug-likeness (QED) is 0.694. The van der Waals surface area contributed by atoms with Crippen molar-refractivity contribution in [1.29, 1.82) is 0 Å². The summed E-state index contributed by atoms with van der Waals surface area (Å²) in [5.74, 6) is -0.00997. The molecule has 0 atom stereocenters. The first-order valence-corrected chi connectivity index (χ1v) is 8.64. The van der Waals surface area contributed by atoms with Gasteiger partial charge in [0.15, 0.2) is 5.78 Å². The van der Waals surface area contributed by atoms with E-state index in [2.05, 4.69) is 0 Å². The molecule has 0 saturated heterocycles. The summed E-state index contributed by atoms with van der Waals surface area (Å²) in [5, 5.41) is 0. The first-order chi connectivity index (χ1) is 13.0. The molecule has 0 bridgehead atoms. The lowest BCUT2D eigenvalue weighted by Crippen LogP contribution is -2.12. The van der Waals surface area contributed by atoms with Crippen LogP contribution in [0.3, 0.4) is 0 Å². The van der Waals surface area contributed by atoms with Crippen molar-refractivity contribution in [2.75, 3.05) is 14.2 Å². The van der Waals surface area contributed by atoms with E-state index in [0.29, 0.717) is 46.6 Å². The maximum absolute atomic E-state index is 14.1. The van der Waals surface area contributed by atoms with Gasteiger partial charge >= 0.3 is 0 Å². The van der Waals surface area contributed by atoms with Crippen molar-refractivity contribution in [3.05, 3.63) is 70.3 Å². The summed E-state index contributed by atoms with van der Waals surface area (Å²) < 4.78 is 38.4. The van der Waals surface area contributed by atoms with Crippen LogP contribution in [0.5, 0.6) is 11.5 Å². The number of ether oxygens (including phenoxy) is 2. The first kappa shape index (κ1) is 18.8. The van der Waals surface area contributed by atoms with Gasteiger partial charge in [-0.15, -0.1) is 0 Å². The number of halogens is 2. The van der Waals surface area contributed by atoms with Crippen molar-refractivity contribution >= 4 is 17.9 Å². The summed E-state index contributed by atoms with van der Waals surface area (Å²) in [6.45, 7) is 0. The number of ketones is 1. The Labute approximate surface area is 156 Å². The van der Waals surface area contributed by atoms with E-state index in [1.54, 1.807) is 24.3 Å². The van der Waals surface area contributed by atoms with Crippen molar-refractivity contribution in [3.8, 4) is 11.5 Å². The van der Waals surface area contributed by atoms with Crippen LogP contribution in [0.25, 0.3) is 12.2 Å². The van der Waals surface area contributed by atoms with E-state index in [4.69, 9.17) is 9.47 Å². The zero-order chi connectivity index (χ0) is 19.4. The molecule has 0 aliphatic heterocycles. The molecule has 3 nitrogen and oxygen atoms in total. The van der Waals surface area contributed by atoms with E-state index in [9.17, 15) is 13.6 Å². The van der Waals surface area contributed by atoms with E-state index in [-0.39, 0.29) is 5.78 Å². The third-order valence-corrected chi connectivity index (χ3v) is 4.54. The summed E-state index contributed by atoms with van der Waals surface area (Å²) in [6, 6.07) is 8.76. The highest BCUT2D eigenvalue weighted by molar-refractivity contribution is 6.14. The molecule has 0 aromatic heterocycles. The zero-order valence-corrected chi connectivity index (χ0v) is 15.2. The van der Waals surface area contributed by atoms with E-state index < -0.39 is 11.6 Å². The molecule has 0 unspecified atom stereocenters. The molecule has 3 rings (SSSR count). The molecular weight excluding hydrogens is 350 g/mol. The third kappa shape index (κ3) is 4.25. The molecule has 0 amide bonds. The predicted octanol–water partition coefficient (Wildman–Crippen LogP) is 5.20. The molecule has 27 heavy (non-hydrogen) atoms. The molecule has 2 aromatic carbocycles. The van der Waals surface area contributed by atoms with E-state index in [1.165, 1.54) is 38.5 Å². The fourth-order valence-electron chi connectivity index (χ4n) is 3.07. The van der Waals surface area contributed by atoms with E-state index >= 15 is 0 Å². The topological polar surface area (TPSA) is 35.5 Å². The van der Waals surface area contributed by atoms with Crippen LogP contribution in [0.2, 0.25) is 0 Å². The Kier molecular flexibility index (Phi) is 5.69. The average molecular weight is 370 g/mol. The van der Waals surface area contributed by atoms with Crippen molar-refractivity contribution in [1.82, 2.24) is 0 Å². The van der Waals surface area contributed by atoms with Crippen LogP contribution in [0.15, 0.2) is 47.5 Å². The minimum Gasteiger partial charge on any atom is -0.497 e. The summed E-state index contributed by atoms with van der Waals surface area (Å²) >= 11 is 0. The fourth-order valence-corrected chi connectivity index (χ4v) is 3.07. The highest BCUT2D eigenvalue weighted by Gasteiger charge is 2.21. The second kappa shape index (κ2) is 8.16. The Hall–Kier alpha value is -2.95. The fraction of sp³-hybridized carbons (Fsp3) is 0.227. The summed E-state index contributed by atoms with van der Waals surface area (Å²) in [7, 11) is 3.00. The van der Waals surface area contributed by atoms with Gasteiger partial charge in [0.1, 0.15) is 23.1 Å². The lowest BCUT2D eigenvalue weighted by Gasteiger charge is -2.17. The standard InChI is InChI=1S/C22H20F2O3/c1-26-18-6-8-20(23)16(12-18)10-14-4-3-5-15(22(14)25)11-17-13-19(27-2)7-9-21(17)24/h6-13H,3-5H2,1-2H3/b14-10+,15-11+. The maximum atomic E-state index is 14.1. The molecule has 1 fully saturated rings. The van der Waals surface area contributed by atoms with Gasteiger partial charge in [-0.3, -0.25) is 4.79 Å². The van der Waals surface area contributed by atoms with Gasteiger partial charge in [0.2, 0.25) is 0 Å². The van der Waals surface area contributed by atoms with Crippen LogP contribution in [-0.4, -0.2) is 20.0 Å². The van der Waals surface area contributed by atoms with Crippen molar-refractivity contribution in [2.45, 2.75) is 19.3 Å². The summed E-state index contributed by atoms with van der Waals surface area (Å²) in [5.41, 5.74) is 1.60. The second-order valence-electron chi connectivity index (χ2n) is 6.30. The largest absolute Gasteiger partial charge is 0.497 e. The monoisotopic (exact) mass is 370 g/mol. The minimum absolute atomic E-state index is 0.189. The molecule has 1 aliphatic rings. The molecule has 140 valence electrons. The highest BCUT2D eigenvalue weighted by atomic mass is 19.1. The Morgan fingerprint density at radius 3 is 1.67 bits per heavy atom. The Bertz CT molecular complexity index is 856. The molecule has 0 heterocycles. The number of carbonyl (C=O) groups excluding carboxylic acids is 1. The second-order valence-corrected chi connectivity index (χ2v) is 6.30. The Morgan fingerprint density at radius 1 is 0.815 bits per heavy atom. The number of benzene rings is 2. The Balaban J connectivity index is 1.95. The molecular formula is C22H20F2O3. The minimum atomic E-state index is -0.425. The predicted molar refractivity (Wildman–Crippen MR) is 101 cm³/mol. The van der Waals surface area contributed by atoms with Gasteiger partial charge in [-0.05, 0) is 67.8 Å². The van der Waals surface area contributed by atoms with Crippen LogP contribution < -0.4 is 9.47 Å². The summed E-state index contributed by atoms with van der Waals surface area (Å²) in [4.78, 5) is 12.8. The number of hydrogen-bond acceptors (Lipinski definition) is 3. The Morgan fingerprint density at radius 2 is 1.26 bits per heavy atom. The number of allylic oxidation sites excluding steroid dienone is 2. The average Bonchev–Trinajstić information content (AvgIpc) is 2.68. The molecule has 0 spiro atoms. The van der Waals surface area contributed by atoms with Crippen molar-refractivity contribution in [3.63, 3.8) is 0 Å². The van der Waals surface area contributed by atoms with Gasteiger partial charge in [0.05, 0.1) is 14.2 Å². The number of hydrogen-bond donors (Lipinski definition) is 0. The molecule has 1 saturated carbocycles. The van der Waals surface area contributed by atoms with E-state index in [1.807, 2.05) is 0 Å². The highest BCUT2D eigenvalue weighted by Crippen LogP contribution is 2.30. The number of rotatable bonds is 4. The van der Waals surface area contributed by atoms with E-state index in [0.717, 1.165) is 6.42 Å². The number of Topliss-reactive ketones (excluding diaryl/α,β-unsaturated/α-hetero) is 1. The maximum Gasteiger partial charge on any atom is 0.185 e. The number of methoxy groups -OCH3 is 2. The van der Waals surface area contributed by atoms with Gasteiger partial charge in [-0.1, -0.05) is 0 Å². The molecule has 5 heteroatoms. The molecule has 0 radical (unpaired) electrons. The lowest BCUT2D eigenvalue weighted by molar-refractivity contribution is -0.112. The van der Waals surface area contributed by atoms with Gasteiger partial charge in [-0.2, -0.15) is 0 Å². The molecule has 1 aliphatic carbocycles. The first-order valence-electron chi connectivity index (χ1n) is 8.64.